The molecule has 6 nitrogen and oxygen atoms in total. The lowest BCUT2D eigenvalue weighted by Gasteiger charge is -2.50. The van der Waals surface area contributed by atoms with Crippen LogP contribution >= 0.6 is 0 Å². The van der Waals surface area contributed by atoms with Gasteiger partial charge in [-0.3, -0.25) is 0 Å². The monoisotopic (exact) mass is 480 g/mol. The highest BCUT2D eigenvalue weighted by molar-refractivity contribution is 6.86. The fourth-order valence-electron chi connectivity index (χ4n) is 4.29. The Bertz CT molecular complexity index is 677. The van der Waals surface area contributed by atoms with E-state index in [0.717, 1.165) is 11.1 Å². The van der Waals surface area contributed by atoms with Gasteiger partial charge in [0.15, 0.2) is 0 Å². The molecule has 1 aliphatic carbocycles. The lowest BCUT2D eigenvalue weighted by molar-refractivity contribution is 0.0195. The van der Waals surface area contributed by atoms with Crippen LogP contribution in [0.1, 0.15) is 53.5 Å². The summed E-state index contributed by atoms with van der Waals surface area (Å²) in [6.07, 6.45) is 7.07. The third-order valence-corrected chi connectivity index (χ3v) is 14.2. The predicted octanol–water partition coefficient (Wildman–Crippen LogP) is 5.41. The molecule has 0 heterocycles. The normalized spacial score (nSPS) is 16.2. The second kappa shape index (κ2) is 13.0. The van der Waals surface area contributed by atoms with Gasteiger partial charge in [-0.25, -0.2) is 0 Å². The van der Waals surface area contributed by atoms with Crippen molar-refractivity contribution in [3.05, 3.63) is 54.1 Å². The van der Waals surface area contributed by atoms with Gasteiger partial charge < -0.3 is 26.6 Å². The van der Waals surface area contributed by atoms with Crippen molar-refractivity contribution in [1.82, 2.24) is 0 Å². The first-order chi connectivity index (χ1) is 15.5. The Hall–Kier alpha value is -1.11. The molecule has 0 fully saturated rings. The van der Waals surface area contributed by atoms with Crippen LogP contribution < -0.4 is 0 Å². The van der Waals surface area contributed by atoms with E-state index in [9.17, 15) is 0 Å². The lowest BCUT2D eigenvalue weighted by atomic mass is 9.99. The topological polar surface area (TPSA) is 55.4 Å². The molecule has 2 rings (SSSR count). The molecule has 1 aliphatic rings. The average molecular weight is 481 g/mol. The van der Waals surface area contributed by atoms with Crippen molar-refractivity contribution in [3.63, 3.8) is 0 Å². The van der Waals surface area contributed by atoms with Gasteiger partial charge in [0, 0.05) is 39.6 Å². The first kappa shape index (κ1) is 27.1. The Kier molecular flexibility index (Phi) is 11.0. The van der Waals surface area contributed by atoms with Crippen molar-refractivity contribution in [3.8, 4) is 0 Å². The van der Waals surface area contributed by atoms with Crippen LogP contribution in [0, 0.1) is 0 Å². The fourth-order valence-corrected chi connectivity index (χ4v) is 12.7. The summed E-state index contributed by atoms with van der Waals surface area (Å²) >= 11 is 0. The van der Waals surface area contributed by atoms with Crippen molar-refractivity contribution >= 4 is 23.2 Å². The van der Waals surface area contributed by atoms with Crippen molar-refractivity contribution in [2.24, 2.45) is 0 Å². The molecule has 0 aromatic heterocycles. The molecular weight excluding hydrogens is 440 g/mol. The van der Waals surface area contributed by atoms with Crippen molar-refractivity contribution < 1.29 is 26.6 Å². The van der Waals surface area contributed by atoms with Crippen LogP contribution in [0.25, 0.3) is 5.57 Å². The highest BCUT2D eigenvalue weighted by Gasteiger charge is 2.76. The largest absolute Gasteiger partial charge is 0.516 e. The van der Waals surface area contributed by atoms with E-state index in [-0.39, 0.29) is 0 Å². The zero-order valence-electron chi connectivity index (χ0n) is 20.5. The van der Waals surface area contributed by atoms with Crippen molar-refractivity contribution in [1.29, 1.82) is 0 Å². The Balaban J connectivity index is 2.73. The lowest BCUT2D eigenvalue weighted by Crippen LogP contribution is -2.70. The maximum atomic E-state index is 6.45. The van der Waals surface area contributed by atoms with Gasteiger partial charge in [-0.15, -0.1) is 0 Å². The van der Waals surface area contributed by atoms with E-state index in [2.05, 4.69) is 30.4 Å². The van der Waals surface area contributed by atoms with Crippen LogP contribution in [0.3, 0.4) is 0 Å². The maximum Gasteiger partial charge on any atom is 0.516 e. The number of rotatable bonds is 15. The maximum absolute atomic E-state index is 6.45. The molecule has 0 atom stereocenters. The minimum absolute atomic E-state index is 0.464. The number of benzene rings is 1. The SMILES string of the molecule is CCO[Si](OCC)(OCC)C1([Si](OCC)(OCC)OCC)C=CC(c2ccccc2)=CC1. The molecular formula is C24H40O6Si2. The Morgan fingerprint density at radius 1 is 0.656 bits per heavy atom. The molecule has 8 heteroatoms. The number of hydrogen-bond donors (Lipinski definition) is 0. The van der Waals surface area contributed by atoms with Crippen LogP contribution in [-0.2, 0) is 26.6 Å². The smallest absolute Gasteiger partial charge is 0.373 e. The Labute approximate surface area is 196 Å². The van der Waals surface area contributed by atoms with Gasteiger partial charge >= 0.3 is 17.6 Å². The van der Waals surface area contributed by atoms with Gasteiger partial charge in [0.05, 0.1) is 0 Å². The van der Waals surface area contributed by atoms with Crippen LogP contribution in [0.5, 0.6) is 0 Å². The second-order valence-electron chi connectivity index (χ2n) is 7.24. The summed E-state index contributed by atoms with van der Waals surface area (Å²) in [5.41, 5.74) is 2.30. The van der Waals surface area contributed by atoms with E-state index in [1.54, 1.807) is 0 Å². The summed E-state index contributed by atoms with van der Waals surface area (Å²) in [6.45, 7) is 14.6. The summed E-state index contributed by atoms with van der Waals surface area (Å²) in [4.78, 5) is 0. The standard InChI is InChI=1S/C24H40O6Si2/c1-7-25-31(26-8-2,27-9-3)24(32(28-10-4,29-11-5)30-12-6)20-18-23(19-21-24)22-16-14-13-15-17-22/h13-20H,7-12,21H2,1-6H3. The third kappa shape index (κ3) is 5.34. The van der Waals surface area contributed by atoms with Gasteiger partial charge in [0.2, 0.25) is 0 Å². The number of hydrogen-bond acceptors (Lipinski definition) is 6. The summed E-state index contributed by atoms with van der Waals surface area (Å²) in [7, 11) is -6.73. The number of allylic oxidation sites excluding steroid dienone is 4. The molecule has 0 aliphatic heterocycles. The van der Waals surface area contributed by atoms with E-state index < -0.39 is 22.3 Å². The van der Waals surface area contributed by atoms with E-state index in [1.807, 2.05) is 59.7 Å². The van der Waals surface area contributed by atoms with Gasteiger partial charge in [-0.05, 0) is 59.1 Å². The summed E-state index contributed by atoms with van der Waals surface area (Å²) < 4.78 is 37.9. The first-order valence-electron chi connectivity index (χ1n) is 11.8. The molecule has 0 saturated heterocycles. The van der Waals surface area contributed by atoms with Gasteiger partial charge in [0.25, 0.3) is 0 Å². The summed E-state index contributed by atoms with van der Waals surface area (Å²) in [5.74, 6) is 0. The van der Waals surface area contributed by atoms with E-state index in [4.69, 9.17) is 26.6 Å². The quantitative estimate of drug-likeness (QED) is 0.313. The van der Waals surface area contributed by atoms with Crippen molar-refractivity contribution in [2.75, 3.05) is 39.6 Å². The van der Waals surface area contributed by atoms with Gasteiger partial charge in [0.1, 0.15) is 4.66 Å². The molecule has 1 aromatic carbocycles. The molecule has 0 amide bonds. The van der Waals surface area contributed by atoms with E-state index >= 15 is 0 Å². The average Bonchev–Trinajstić information content (AvgIpc) is 2.80. The minimum atomic E-state index is -3.37. The molecule has 0 N–H and O–H groups in total. The minimum Gasteiger partial charge on any atom is -0.373 e. The van der Waals surface area contributed by atoms with Gasteiger partial charge in [-0.1, -0.05) is 48.6 Å². The van der Waals surface area contributed by atoms with Crippen molar-refractivity contribution in [2.45, 2.75) is 52.6 Å². The molecule has 32 heavy (non-hydrogen) atoms. The molecule has 1 aromatic rings. The Morgan fingerprint density at radius 3 is 1.38 bits per heavy atom. The van der Waals surface area contributed by atoms with Crippen LogP contribution in [0.2, 0.25) is 4.66 Å². The molecule has 0 spiro atoms. The summed E-state index contributed by atoms with van der Waals surface area (Å²) in [5, 5.41) is 0. The summed E-state index contributed by atoms with van der Waals surface area (Å²) in [6, 6.07) is 10.3. The highest BCUT2D eigenvalue weighted by Crippen LogP contribution is 2.56. The zero-order chi connectivity index (χ0) is 23.5. The molecule has 0 saturated carbocycles. The molecule has 0 radical (unpaired) electrons. The van der Waals surface area contributed by atoms with Crippen LogP contribution in [0.15, 0.2) is 48.6 Å². The first-order valence-corrected chi connectivity index (χ1v) is 15.3. The van der Waals surface area contributed by atoms with E-state index in [0.29, 0.717) is 46.1 Å². The second-order valence-corrected chi connectivity index (χ2v) is 13.5. The molecule has 0 unspecified atom stereocenters. The van der Waals surface area contributed by atoms with E-state index in [1.165, 1.54) is 0 Å². The zero-order valence-corrected chi connectivity index (χ0v) is 22.5. The fraction of sp³-hybridized carbons (Fsp3) is 0.583. The van der Waals surface area contributed by atoms with Crippen LogP contribution in [0.4, 0.5) is 0 Å². The highest BCUT2D eigenvalue weighted by atomic mass is 28.5. The Morgan fingerprint density at radius 2 is 1.06 bits per heavy atom. The van der Waals surface area contributed by atoms with Crippen LogP contribution in [-0.4, -0.2) is 57.3 Å². The predicted molar refractivity (Wildman–Crippen MR) is 132 cm³/mol. The molecule has 180 valence electrons. The molecule has 0 bridgehead atoms. The van der Waals surface area contributed by atoms with Gasteiger partial charge in [-0.2, -0.15) is 0 Å². The third-order valence-electron chi connectivity index (χ3n) is 5.40.